The summed E-state index contributed by atoms with van der Waals surface area (Å²) < 4.78 is 7.22. The number of aromatic nitrogens is 2. The molecular weight excluding hydrogens is 376 g/mol. The van der Waals surface area contributed by atoms with Crippen LogP contribution < -0.4 is 16.6 Å². The molecule has 0 amide bonds. The van der Waals surface area contributed by atoms with Crippen molar-refractivity contribution in [1.29, 1.82) is 0 Å². The van der Waals surface area contributed by atoms with E-state index in [4.69, 9.17) is 4.74 Å². The minimum absolute atomic E-state index is 0.370. The predicted molar refractivity (Wildman–Crippen MR) is 96.1 cm³/mol. The average Bonchev–Trinajstić information content (AvgIpc) is 2.55. The molecule has 1 aromatic heterocycles. The molecule has 7 nitrogen and oxygen atoms in total. The molecule has 1 aromatic carbocycles. The van der Waals surface area contributed by atoms with Gasteiger partial charge < -0.3 is 10.1 Å². The Morgan fingerprint density at radius 1 is 1.21 bits per heavy atom. The fourth-order valence-corrected chi connectivity index (χ4v) is 3.01. The monoisotopic (exact) mass is 394 g/mol. The lowest BCUT2D eigenvalue weighted by molar-refractivity contribution is 0.0398. The van der Waals surface area contributed by atoms with E-state index in [1.165, 1.54) is 6.07 Å². The van der Waals surface area contributed by atoms with Crippen LogP contribution in [0.25, 0.3) is 5.69 Å². The Kier molecular flexibility index (Phi) is 5.49. The van der Waals surface area contributed by atoms with E-state index in [1.807, 2.05) is 6.07 Å². The van der Waals surface area contributed by atoms with Gasteiger partial charge in [0.2, 0.25) is 0 Å². The van der Waals surface area contributed by atoms with Crippen molar-refractivity contribution in [2.45, 2.75) is 0 Å². The molecule has 1 saturated heterocycles. The van der Waals surface area contributed by atoms with Crippen LogP contribution in [0.2, 0.25) is 0 Å². The molecule has 0 radical (unpaired) electrons. The van der Waals surface area contributed by atoms with Crippen LogP contribution >= 0.6 is 15.9 Å². The molecule has 1 aliphatic rings. The van der Waals surface area contributed by atoms with Crippen molar-refractivity contribution in [2.75, 3.05) is 44.7 Å². The normalized spacial score (nSPS) is 15.4. The number of H-pyrrole nitrogens is 1. The van der Waals surface area contributed by atoms with Crippen LogP contribution in [0.15, 0.2) is 44.4 Å². The summed E-state index contributed by atoms with van der Waals surface area (Å²) in [5.41, 5.74) is -0.310. The van der Waals surface area contributed by atoms with Gasteiger partial charge in [0.15, 0.2) is 0 Å². The maximum Gasteiger partial charge on any atom is 0.334 e. The first-order valence-electron chi connectivity index (χ1n) is 7.80. The van der Waals surface area contributed by atoms with Gasteiger partial charge in [-0.05, 0) is 18.2 Å². The third kappa shape index (κ3) is 4.14. The quantitative estimate of drug-likeness (QED) is 0.791. The number of aromatic amines is 1. The first-order valence-corrected chi connectivity index (χ1v) is 8.59. The first kappa shape index (κ1) is 16.9. The number of rotatable bonds is 5. The van der Waals surface area contributed by atoms with Crippen molar-refractivity contribution >= 4 is 21.7 Å². The fraction of sp³-hybridized carbons (Fsp3) is 0.375. The summed E-state index contributed by atoms with van der Waals surface area (Å²) >= 11 is 3.34. The van der Waals surface area contributed by atoms with Crippen molar-refractivity contribution in [3.63, 3.8) is 0 Å². The van der Waals surface area contributed by atoms with Crippen molar-refractivity contribution < 1.29 is 4.74 Å². The highest BCUT2D eigenvalue weighted by Gasteiger charge is 2.10. The summed E-state index contributed by atoms with van der Waals surface area (Å²) in [6, 6.07) is 8.46. The van der Waals surface area contributed by atoms with Gasteiger partial charge in [0.1, 0.15) is 5.82 Å². The van der Waals surface area contributed by atoms with E-state index < -0.39 is 5.69 Å². The first-order chi connectivity index (χ1) is 11.6. The van der Waals surface area contributed by atoms with Crippen molar-refractivity contribution in [1.82, 2.24) is 14.5 Å². The number of hydrogen-bond donors (Lipinski definition) is 2. The molecular formula is C16H19BrN4O3. The Labute approximate surface area is 147 Å². The van der Waals surface area contributed by atoms with Gasteiger partial charge in [-0.25, -0.2) is 9.36 Å². The number of benzene rings is 1. The minimum Gasteiger partial charge on any atom is -0.379 e. The smallest absolute Gasteiger partial charge is 0.334 e. The van der Waals surface area contributed by atoms with E-state index in [0.29, 0.717) is 18.1 Å². The van der Waals surface area contributed by atoms with Gasteiger partial charge in [0.25, 0.3) is 5.56 Å². The van der Waals surface area contributed by atoms with E-state index in [0.717, 1.165) is 41.9 Å². The second-order valence-corrected chi connectivity index (χ2v) is 6.44. The maximum absolute atomic E-state index is 12.3. The van der Waals surface area contributed by atoms with E-state index in [2.05, 4.69) is 31.1 Å². The topological polar surface area (TPSA) is 79.4 Å². The summed E-state index contributed by atoms with van der Waals surface area (Å²) in [5, 5.41) is 3.10. The van der Waals surface area contributed by atoms with Gasteiger partial charge in [-0.3, -0.25) is 14.7 Å². The zero-order valence-corrected chi connectivity index (χ0v) is 14.7. The second-order valence-electron chi connectivity index (χ2n) is 5.52. The fourth-order valence-electron chi connectivity index (χ4n) is 2.62. The van der Waals surface area contributed by atoms with Gasteiger partial charge >= 0.3 is 5.69 Å². The molecule has 0 aliphatic carbocycles. The average molecular weight is 395 g/mol. The molecule has 24 heavy (non-hydrogen) atoms. The van der Waals surface area contributed by atoms with E-state index >= 15 is 0 Å². The highest BCUT2D eigenvalue weighted by molar-refractivity contribution is 9.10. The van der Waals surface area contributed by atoms with Gasteiger partial charge in [-0.1, -0.05) is 22.0 Å². The lowest BCUT2D eigenvalue weighted by atomic mass is 10.3. The van der Waals surface area contributed by atoms with E-state index in [9.17, 15) is 9.59 Å². The van der Waals surface area contributed by atoms with Crippen LogP contribution in [0, 0.1) is 0 Å². The number of hydrogen-bond acceptors (Lipinski definition) is 5. The van der Waals surface area contributed by atoms with Gasteiger partial charge in [0, 0.05) is 36.7 Å². The highest BCUT2D eigenvalue weighted by atomic mass is 79.9. The Morgan fingerprint density at radius 2 is 2.00 bits per heavy atom. The van der Waals surface area contributed by atoms with Crippen LogP contribution in [-0.4, -0.2) is 53.8 Å². The van der Waals surface area contributed by atoms with E-state index in [-0.39, 0.29) is 5.56 Å². The maximum atomic E-state index is 12.3. The Bertz CT molecular complexity index is 780. The highest BCUT2D eigenvalue weighted by Crippen LogP contribution is 2.13. The van der Waals surface area contributed by atoms with Crippen molar-refractivity contribution in [3.8, 4) is 5.69 Å². The summed E-state index contributed by atoms with van der Waals surface area (Å²) in [7, 11) is 0. The molecule has 0 atom stereocenters. The lowest BCUT2D eigenvalue weighted by Crippen LogP contribution is -2.39. The second kappa shape index (κ2) is 7.78. The number of nitrogens with one attached hydrogen (secondary N) is 2. The molecule has 8 heteroatoms. The summed E-state index contributed by atoms with van der Waals surface area (Å²) in [6.45, 7) is 4.79. The van der Waals surface area contributed by atoms with Crippen LogP contribution in [0.1, 0.15) is 0 Å². The molecule has 0 spiro atoms. The third-order valence-electron chi connectivity index (χ3n) is 3.85. The molecule has 2 heterocycles. The van der Waals surface area contributed by atoms with Crippen LogP contribution in [-0.2, 0) is 4.74 Å². The summed E-state index contributed by atoms with van der Waals surface area (Å²) in [6.07, 6.45) is 0. The predicted octanol–water partition coefficient (Wildman–Crippen LogP) is 1.03. The lowest BCUT2D eigenvalue weighted by Gasteiger charge is -2.26. The SMILES string of the molecule is O=c1cc(NCCN2CCOCC2)[nH]c(=O)n1-c1cccc(Br)c1. The van der Waals surface area contributed by atoms with Gasteiger partial charge in [-0.2, -0.15) is 0 Å². The number of halogens is 1. The standard InChI is InChI=1S/C16H19BrN4O3/c17-12-2-1-3-13(10-12)21-15(22)11-14(19-16(21)23)18-4-5-20-6-8-24-9-7-20/h1-3,10-11,18H,4-9H2,(H,19,23). The molecule has 1 fully saturated rings. The summed E-state index contributed by atoms with van der Waals surface area (Å²) in [4.78, 5) is 29.5. The van der Waals surface area contributed by atoms with Crippen LogP contribution in [0.4, 0.5) is 5.82 Å². The van der Waals surface area contributed by atoms with E-state index in [1.54, 1.807) is 18.2 Å². The Balaban J connectivity index is 1.70. The van der Waals surface area contributed by atoms with Gasteiger partial charge in [0.05, 0.1) is 18.9 Å². The molecule has 0 bridgehead atoms. The summed E-state index contributed by atoms with van der Waals surface area (Å²) in [5.74, 6) is 0.435. The van der Waals surface area contributed by atoms with Crippen molar-refractivity contribution in [3.05, 3.63) is 55.6 Å². The largest absolute Gasteiger partial charge is 0.379 e. The molecule has 128 valence electrons. The molecule has 2 aromatic rings. The molecule has 2 N–H and O–H groups in total. The number of morpholine rings is 1. The van der Waals surface area contributed by atoms with Crippen LogP contribution in [0.3, 0.4) is 0 Å². The molecule has 0 saturated carbocycles. The molecule has 0 unspecified atom stereocenters. The minimum atomic E-state index is -0.463. The van der Waals surface area contributed by atoms with Crippen molar-refractivity contribution in [2.24, 2.45) is 0 Å². The zero-order chi connectivity index (χ0) is 16.9. The molecule has 3 rings (SSSR count). The number of ether oxygens (including phenoxy) is 1. The Hall–Kier alpha value is -1.90. The molecule has 1 aliphatic heterocycles. The van der Waals surface area contributed by atoms with Crippen LogP contribution in [0.5, 0.6) is 0 Å². The van der Waals surface area contributed by atoms with Gasteiger partial charge in [-0.15, -0.1) is 0 Å². The number of nitrogens with zero attached hydrogens (tertiary/aromatic N) is 2. The number of anilines is 1. The Morgan fingerprint density at radius 3 is 2.71 bits per heavy atom. The zero-order valence-electron chi connectivity index (χ0n) is 13.1. The third-order valence-corrected chi connectivity index (χ3v) is 4.34.